The van der Waals surface area contributed by atoms with Crippen LogP contribution in [0.25, 0.3) is 0 Å². The first-order valence-electron chi connectivity index (χ1n) is 10.7. The van der Waals surface area contributed by atoms with Gasteiger partial charge < -0.3 is 15.0 Å². The fourth-order valence-corrected chi connectivity index (χ4v) is 4.39. The normalized spacial score (nSPS) is 22.3. The largest absolute Gasteiger partial charge is 0.455 e. The molecule has 0 radical (unpaired) electrons. The predicted octanol–water partition coefficient (Wildman–Crippen LogP) is 2.04. The summed E-state index contributed by atoms with van der Waals surface area (Å²) in [5.41, 5.74) is 1.34. The van der Waals surface area contributed by atoms with Crippen molar-refractivity contribution in [2.24, 2.45) is 5.92 Å². The van der Waals surface area contributed by atoms with E-state index < -0.39 is 30.4 Å². The molecule has 4 amide bonds. The molecule has 0 unspecified atom stereocenters. The lowest BCUT2D eigenvalue weighted by Gasteiger charge is -2.23. The van der Waals surface area contributed by atoms with Gasteiger partial charge in [0.15, 0.2) is 6.61 Å². The molecular weight excluding hydrogens is 374 g/mol. The van der Waals surface area contributed by atoms with E-state index in [4.69, 9.17) is 4.74 Å². The Kier molecular flexibility index (Phi) is 7.66. The zero-order chi connectivity index (χ0) is 20.6. The average Bonchev–Trinajstić information content (AvgIpc) is 3.36. The van der Waals surface area contributed by atoms with Crippen molar-refractivity contribution >= 4 is 23.8 Å². The number of carbonyl (C=O) groups is 4. The molecule has 1 saturated carbocycles. The van der Waals surface area contributed by atoms with E-state index in [0.29, 0.717) is 13.1 Å². The van der Waals surface area contributed by atoms with Gasteiger partial charge in [0.2, 0.25) is 5.91 Å². The molecule has 0 aromatic carbocycles. The summed E-state index contributed by atoms with van der Waals surface area (Å²) in [7, 11) is 0. The zero-order valence-corrected chi connectivity index (χ0v) is 16.9. The summed E-state index contributed by atoms with van der Waals surface area (Å²) < 4.78 is 5.03. The lowest BCUT2D eigenvalue weighted by molar-refractivity contribution is -0.152. The Labute approximate surface area is 171 Å². The van der Waals surface area contributed by atoms with Gasteiger partial charge in [0.05, 0.1) is 5.92 Å². The number of amides is 4. The van der Waals surface area contributed by atoms with Crippen molar-refractivity contribution in [1.29, 1.82) is 0 Å². The number of nitrogens with one attached hydrogen (secondary N) is 2. The average molecular weight is 405 g/mol. The van der Waals surface area contributed by atoms with E-state index in [0.717, 1.165) is 44.9 Å². The molecule has 0 aromatic heterocycles. The molecule has 2 N–H and O–H groups in total. The van der Waals surface area contributed by atoms with Crippen molar-refractivity contribution in [1.82, 2.24) is 15.5 Å². The van der Waals surface area contributed by atoms with Gasteiger partial charge in [0, 0.05) is 25.6 Å². The first-order valence-corrected chi connectivity index (χ1v) is 10.7. The summed E-state index contributed by atoms with van der Waals surface area (Å²) >= 11 is 0. The second-order valence-corrected chi connectivity index (χ2v) is 8.16. The molecule has 2 aliphatic carbocycles. The Balaban J connectivity index is 1.31. The van der Waals surface area contributed by atoms with Crippen molar-refractivity contribution < 1.29 is 23.9 Å². The number of hydrogen-bond acceptors (Lipinski definition) is 5. The molecule has 29 heavy (non-hydrogen) atoms. The molecule has 0 aromatic rings. The maximum atomic E-state index is 12.2. The van der Waals surface area contributed by atoms with Gasteiger partial charge in [-0.25, -0.2) is 4.79 Å². The number of rotatable bonds is 7. The molecule has 0 spiro atoms. The van der Waals surface area contributed by atoms with Gasteiger partial charge in [-0.2, -0.15) is 0 Å². The maximum absolute atomic E-state index is 12.2. The highest BCUT2D eigenvalue weighted by Crippen LogP contribution is 2.29. The zero-order valence-electron chi connectivity index (χ0n) is 16.9. The van der Waals surface area contributed by atoms with Gasteiger partial charge in [-0.1, -0.05) is 24.5 Å². The minimum atomic E-state index is -0.676. The molecule has 2 fully saturated rings. The molecule has 8 nitrogen and oxygen atoms in total. The summed E-state index contributed by atoms with van der Waals surface area (Å²) in [5.74, 6) is -1.78. The van der Waals surface area contributed by atoms with Crippen LogP contribution in [0.1, 0.15) is 64.2 Å². The van der Waals surface area contributed by atoms with E-state index in [-0.39, 0.29) is 18.4 Å². The van der Waals surface area contributed by atoms with Crippen LogP contribution in [-0.2, 0) is 19.1 Å². The molecule has 0 bridgehead atoms. The molecule has 3 rings (SSSR count). The number of urea groups is 1. The Morgan fingerprint density at radius 2 is 1.93 bits per heavy atom. The number of hydrogen-bond donors (Lipinski definition) is 2. The number of allylic oxidation sites excluding steroid dienone is 1. The Morgan fingerprint density at radius 3 is 2.66 bits per heavy atom. The number of imide groups is 1. The Hall–Kier alpha value is -2.38. The van der Waals surface area contributed by atoms with E-state index in [1.54, 1.807) is 4.90 Å². The van der Waals surface area contributed by atoms with Crippen molar-refractivity contribution in [3.8, 4) is 0 Å². The highest BCUT2D eigenvalue weighted by atomic mass is 16.5. The van der Waals surface area contributed by atoms with Crippen LogP contribution in [0, 0.1) is 5.92 Å². The van der Waals surface area contributed by atoms with E-state index in [1.807, 2.05) is 0 Å². The summed E-state index contributed by atoms with van der Waals surface area (Å²) in [5, 5.41) is 4.81. The molecule has 1 atom stereocenters. The van der Waals surface area contributed by atoms with E-state index in [2.05, 4.69) is 16.7 Å². The first-order chi connectivity index (χ1) is 14.0. The lowest BCUT2D eigenvalue weighted by atomic mass is 9.97. The molecule has 1 aliphatic heterocycles. The fourth-order valence-electron chi connectivity index (χ4n) is 4.39. The van der Waals surface area contributed by atoms with Gasteiger partial charge >= 0.3 is 12.0 Å². The quantitative estimate of drug-likeness (QED) is 0.498. The first kappa shape index (κ1) is 21.3. The van der Waals surface area contributed by atoms with E-state index in [1.165, 1.54) is 18.4 Å². The molecule has 1 saturated heterocycles. The van der Waals surface area contributed by atoms with Crippen LogP contribution in [0.3, 0.4) is 0 Å². The van der Waals surface area contributed by atoms with Gasteiger partial charge in [0.25, 0.3) is 5.91 Å². The molecular formula is C21H31N3O5. The van der Waals surface area contributed by atoms with Crippen LogP contribution < -0.4 is 10.6 Å². The number of likely N-dealkylation sites (tertiary alicyclic amines) is 1. The predicted molar refractivity (Wildman–Crippen MR) is 106 cm³/mol. The van der Waals surface area contributed by atoms with Gasteiger partial charge in [-0.3, -0.25) is 19.7 Å². The van der Waals surface area contributed by atoms with Crippen LogP contribution in [0.5, 0.6) is 0 Å². The molecule has 3 aliphatic rings. The summed E-state index contributed by atoms with van der Waals surface area (Å²) in [6.45, 7) is 0.303. The van der Waals surface area contributed by atoms with Crippen LogP contribution in [0.15, 0.2) is 11.6 Å². The third-order valence-corrected chi connectivity index (χ3v) is 5.97. The summed E-state index contributed by atoms with van der Waals surface area (Å²) in [4.78, 5) is 49.8. The number of nitrogens with zero attached hydrogens (tertiary/aromatic N) is 1. The van der Waals surface area contributed by atoms with Gasteiger partial charge in [-0.05, 0) is 44.9 Å². The fraction of sp³-hybridized carbons (Fsp3) is 0.714. The van der Waals surface area contributed by atoms with Crippen LogP contribution in [-0.4, -0.2) is 54.5 Å². The topological polar surface area (TPSA) is 105 Å². The Morgan fingerprint density at radius 1 is 1.14 bits per heavy atom. The third kappa shape index (κ3) is 6.30. The van der Waals surface area contributed by atoms with Crippen molar-refractivity contribution in [3.05, 3.63) is 11.6 Å². The summed E-state index contributed by atoms with van der Waals surface area (Å²) in [6.07, 6.45) is 11.9. The monoisotopic (exact) mass is 405 g/mol. The van der Waals surface area contributed by atoms with Crippen molar-refractivity contribution in [2.75, 3.05) is 19.7 Å². The smallest absolute Gasteiger partial charge is 0.321 e. The van der Waals surface area contributed by atoms with Crippen molar-refractivity contribution in [3.63, 3.8) is 0 Å². The molecule has 1 heterocycles. The Bertz CT molecular complexity index is 669. The van der Waals surface area contributed by atoms with E-state index in [9.17, 15) is 19.2 Å². The molecule has 8 heteroatoms. The second-order valence-electron chi connectivity index (χ2n) is 8.16. The summed E-state index contributed by atoms with van der Waals surface area (Å²) in [6, 6.07) is -0.359. The number of carbonyl (C=O) groups excluding carboxylic acids is 4. The minimum absolute atomic E-state index is 0.0178. The van der Waals surface area contributed by atoms with Gasteiger partial charge in [-0.15, -0.1) is 0 Å². The maximum Gasteiger partial charge on any atom is 0.321 e. The van der Waals surface area contributed by atoms with Gasteiger partial charge in [0.1, 0.15) is 0 Å². The highest BCUT2D eigenvalue weighted by Gasteiger charge is 2.39. The van der Waals surface area contributed by atoms with Crippen molar-refractivity contribution in [2.45, 2.75) is 70.3 Å². The van der Waals surface area contributed by atoms with Crippen LogP contribution >= 0.6 is 0 Å². The highest BCUT2D eigenvalue weighted by molar-refractivity contribution is 5.96. The van der Waals surface area contributed by atoms with Crippen LogP contribution in [0.2, 0.25) is 0 Å². The standard InChI is InChI=1S/C21H31N3O5/c25-18(23-21(28)22-11-10-15-6-2-1-3-7-15)14-29-20(27)16-12-19(26)24(13-16)17-8-4-5-9-17/h6,16-17H,1-5,7-14H2,(H2,22,23,25,28)/t16-/m1/s1. The third-order valence-electron chi connectivity index (χ3n) is 5.97. The second kappa shape index (κ2) is 10.4. The van der Waals surface area contributed by atoms with E-state index >= 15 is 0 Å². The SMILES string of the molecule is O=C(COC(=O)[C@@H]1CC(=O)N(C2CCCC2)C1)NC(=O)NCCC1=CCCCC1. The molecule has 160 valence electrons. The number of ether oxygens (including phenoxy) is 1. The lowest BCUT2D eigenvalue weighted by Crippen LogP contribution is -2.42. The number of esters is 1. The minimum Gasteiger partial charge on any atom is -0.455 e. The van der Waals surface area contributed by atoms with Crippen LogP contribution in [0.4, 0.5) is 4.79 Å².